The van der Waals surface area contributed by atoms with Gasteiger partial charge in [0.2, 0.25) is 6.79 Å². The number of nitrogens with zero attached hydrogens (tertiary/aromatic N) is 1. The molecule has 1 aliphatic heterocycles. The summed E-state index contributed by atoms with van der Waals surface area (Å²) < 4.78 is 11.2. The molecule has 0 radical (unpaired) electrons. The number of nitriles is 1. The lowest BCUT2D eigenvalue weighted by Crippen LogP contribution is -2.11. The molecule has 0 fully saturated rings. The topological polar surface area (TPSA) is 59.3 Å². The number of halogens is 1. The number of benzene rings is 2. The lowest BCUT2D eigenvalue weighted by atomic mass is 9.92. The van der Waals surface area contributed by atoms with E-state index in [4.69, 9.17) is 9.47 Å². The molecule has 0 spiro atoms. The van der Waals surface area contributed by atoms with E-state index in [0.29, 0.717) is 22.6 Å². The zero-order valence-corrected chi connectivity index (χ0v) is 12.5. The van der Waals surface area contributed by atoms with E-state index in [2.05, 4.69) is 22.0 Å². The lowest BCUT2D eigenvalue weighted by Gasteiger charge is -2.11. The molecule has 1 unspecified atom stereocenters. The summed E-state index contributed by atoms with van der Waals surface area (Å²) in [7, 11) is 0. The van der Waals surface area contributed by atoms with Crippen LogP contribution in [-0.4, -0.2) is 12.6 Å². The van der Waals surface area contributed by atoms with Crippen molar-refractivity contribution in [3.05, 3.63) is 58.1 Å². The highest BCUT2D eigenvalue weighted by Gasteiger charge is 2.25. The molecule has 0 saturated carbocycles. The summed E-state index contributed by atoms with van der Waals surface area (Å²) >= 11 is 3.38. The van der Waals surface area contributed by atoms with Crippen LogP contribution in [0.5, 0.6) is 11.5 Å². The monoisotopic (exact) mass is 343 g/mol. The van der Waals surface area contributed by atoms with Crippen LogP contribution in [0.3, 0.4) is 0 Å². The molecule has 4 nitrogen and oxygen atoms in total. The van der Waals surface area contributed by atoms with Crippen LogP contribution in [0.2, 0.25) is 0 Å². The lowest BCUT2D eigenvalue weighted by molar-refractivity contribution is 0.0978. The summed E-state index contributed by atoms with van der Waals surface area (Å²) in [6, 6.07) is 14.2. The second-order valence-corrected chi connectivity index (χ2v) is 5.37. The first-order valence-corrected chi connectivity index (χ1v) is 7.08. The fourth-order valence-corrected chi connectivity index (χ4v) is 2.71. The minimum atomic E-state index is -0.860. The molecule has 1 heterocycles. The molecule has 0 aromatic heterocycles. The van der Waals surface area contributed by atoms with Crippen LogP contribution < -0.4 is 9.47 Å². The maximum Gasteiger partial charge on any atom is 0.231 e. The summed E-state index contributed by atoms with van der Waals surface area (Å²) in [6.07, 6.45) is 0. The Balaban J connectivity index is 1.97. The first-order valence-electron chi connectivity index (χ1n) is 6.28. The molecule has 0 aliphatic carbocycles. The van der Waals surface area contributed by atoms with E-state index < -0.39 is 5.92 Å². The van der Waals surface area contributed by atoms with Crippen molar-refractivity contribution in [1.82, 2.24) is 0 Å². The van der Waals surface area contributed by atoms with Crippen molar-refractivity contribution in [2.45, 2.75) is 5.92 Å². The summed E-state index contributed by atoms with van der Waals surface area (Å²) in [5.74, 6) is 0.0225. The smallest absolute Gasteiger partial charge is 0.231 e. The Kier molecular flexibility index (Phi) is 3.63. The molecule has 1 atom stereocenters. The second kappa shape index (κ2) is 5.58. The van der Waals surface area contributed by atoms with Gasteiger partial charge in [-0.3, -0.25) is 4.79 Å². The summed E-state index contributed by atoms with van der Waals surface area (Å²) in [4.78, 5) is 12.6. The minimum absolute atomic E-state index is 0.152. The number of hydrogen-bond donors (Lipinski definition) is 0. The third-order valence-electron chi connectivity index (χ3n) is 3.26. The molecule has 5 heteroatoms. The van der Waals surface area contributed by atoms with Gasteiger partial charge in [-0.05, 0) is 29.8 Å². The Hall–Kier alpha value is -2.32. The van der Waals surface area contributed by atoms with Crippen LogP contribution in [0.4, 0.5) is 0 Å². The number of carbonyl (C=O) groups excluding carboxylic acids is 1. The third kappa shape index (κ3) is 2.50. The van der Waals surface area contributed by atoms with Crippen LogP contribution >= 0.6 is 15.9 Å². The van der Waals surface area contributed by atoms with Crippen molar-refractivity contribution < 1.29 is 14.3 Å². The number of hydrogen-bond acceptors (Lipinski definition) is 4. The van der Waals surface area contributed by atoms with E-state index in [1.165, 1.54) is 0 Å². The number of Topliss-reactive ketones (excluding diaryl/α,β-unsaturated/α-hetero) is 1. The zero-order valence-electron chi connectivity index (χ0n) is 10.9. The van der Waals surface area contributed by atoms with Crippen LogP contribution in [0, 0.1) is 11.3 Å². The number of ketones is 1. The van der Waals surface area contributed by atoms with Crippen LogP contribution in [0.15, 0.2) is 46.9 Å². The standard InChI is InChI=1S/C16H10BrNO3/c17-13-4-2-1-3-11(13)12(8-18)16(19)10-5-6-14-15(7-10)21-9-20-14/h1-7,12H,9H2. The average molecular weight is 344 g/mol. The molecule has 0 bridgehead atoms. The van der Waals surface area contributed by atoms with Gasteiger partial charge in [-0.2, -0.15) is 5.26 Å². The first kappa shape index (κ1) is 13.7. The highest BCUT2D eigenvalue weighted by Crippen LogP contribution is 2.34. The number of ether oxygens (including phenoxy) is 2. The molecule has 21 heavy (non-hydrogen) atoms. The molecule has 3 rings (SSSR count). The van der Waals surface area contributed by atoms with Gasteiger partial charge in [-0.25, -0.2) is 0 Å². The van der Waals surface area contributed by atoms with Crippen molar-refractivity contribution >= 4 is 21.7 Å². The van der Waals surface area contributed by atoms with Gasteiger partial charge >= 0.3 is 0 Å². The molecule has 2 aromatic rings. The Morgan fingerprint density at radius 3 is 2.71 bits per heavy atom. The summed E-state index contributed by atoms with van der Waals surface area (Å²) in [5, 5.41) is 9.38. The molecule has 2 aromatic carbocycles. The van der Waals surface area contributed by atoms with Crippen LogP contribution in [0.25, 0.3) is 0 Å². The fourth-order valence-electron chi connectivity index (χ4n) is 2.20. The van der Waals surface area contributed by atoms with E-state index >= 15 is 0 Å². The SMILES string of the molecule is N#CC(C(=O)c1ccc2c(c1)OCO2)c1ccccc1Br. The van der Waals surface area contributed by atoms with E-state index in [1.54, 1.807) is 30.3 Å². The van der Waals surface area contributed by atoms with E-state index in [9.17, 15) is 10.1 Å². The average Bonchev–Trinajstić information content (AvgIpc) is 2.97. The van der Waals surface area contributed by atoms with Crippen molar-refractivity contribution in [2.24, 2.45) is 0 Å². The van der Waals surface area contributed by atoms with Crippen molar-refractivity contribution in [1.29, 1.82) is 5.26 Å². The second-order valence-electron chi connectivity index (χ2n) is 4.52. The van der Waals surface area contributed by atoms with Gasteiger partial charge in [0, 0.05) is 10.0 Å². The van der Waals surface area contributed by atoms with E-state index in [0.717, 1.165) is 4.47 Å². The molecule has 0 amide bonds. The van der Waals surface area contributed by atoms with Gasteiger partial charge in [0.05, 0.1) is 6.07 Å². The molecule has 0 saturated heterocycles. The largest absolute Gasteiger partial charge is 0.454 e. The van der Waals surface area contributed by atoms with Gasteiger partial charge in [0.1, 0.15) is 5.92 Å². The minimum Gasteiger partial charge on any atom is -0.454 e. The van der Waals surface area contributed by atoms with Gasteiger partial charge in [0.15, 0.2) is 17.3 Å². The van der Waals surface area contributed by atoms with E-state index in [1.807, 2.05) is 12.1 Å². The van der Waals surface area contributed by atoms with Crippen LogP contribution in [0.1, 0.15) is 21.8 Å². The molecular weight excluding hydrogens is 334 g/mol. The van der Waals surface area contributed by atoms with Crippen molar-refractivity contribution in [3.63, 3.8) is 0 Å². The summed E-state index contributed by atoms with van der Waals surface area (Å²) in [5.41, 5.74) is 1.09. The molecule has 0 N–H and O–H groups in total. The predicted octanol–water partition coefficient (Wildman–Crippen LogP) is 3.67. The first-order chi connectivity index (χ1) is 10.2. The van der Waals surface area contributed by atoms with Gasteiger partial charge in [-0.15, -0.1) is 0 Å². The van der Waals surface area contributed by atoms with Gasteiger partial charge < -0.3 is 9.47 Å². The maximum atomic E-state index is 12.6. The quantitative estimate of drug-likeness (QED) is 0.797. The fraction of sp³-hybridized carbons (Fsp3) is 0.125. The highest BCUT2D eigenvalue weighted by atomic mass is 79.9. The summed E-state index contributed by atoms with van der Waals surface area (Å²) in [6.45, 7) is 0.152. The number of rotatable bonds is 3. The Morgan fingerprint density at radius 1 is 1.19 bits per heavy atom. The van der Waals surface area contributed by atoms with Gasteiger partial charge in [-0.1, -0.05) is 34.1 Å². The van der Waals surface area contributed by atoms with E-state index in [-0.39, 0.29) is 12.6 Å². The Bertz CT molecular complexity index is 751. The van der Waals surface area contributed by atoms with Crippen molar-refractivity contribution in [2.75, 3.05) is 6.79 Å². The van der Waals surface area contributed by atoms with Gasteiger partial charge in [0.25, 0.3) is 0 Å². The Labute approximate surface area is 130 Å². The zero-order chi connectivity index (χ0) is 14.8. The number of fused-ring (bicyclic) bond motifs is 1. The third-order valence-corrected chi connectivity index (χ3v) is 3.99. The van der Waals surface area contributed by atoms with Crippen molar-refractivity contribution in [3.8, 4) is 17.6 Å². The molecular formula is C16H10BrNO3. The van der Waals surface area contributed by atoms with Crippen LogP contribution in [-0.2, 0) is 0 Å². The highest BCUT2D eigenvalue weighted by molar-refractivity contribution is 9.10. The predicted molar refractivity (Wildman–Crippen MR) is 79.4 cm³/mol. The normalized spacial score (nSPS) is 13.5. The number of carbonyl (C=O) groups is 1. The molecule has 104 valence electrons. The Morgan fingerprint density at radius 2 is 1.95 bits per heavy atom. The maximum absolute atomic E-state index is 12.6. The molecule has 1 aliphatic rings.